The SMILES string of the molecule is CCC(=O)N(c1ccccc1)C1CCN(CN2C(=O)c3cccc4cccc(c34)C2=O)CC1. The number of para-hydroxylation sites is 1. The third-order valence-electron chi connectivity index (χ3n) is 6.72. The molecule has 3 aromatic carbocycles. The molecule has 0 radical (unpaired) electrons. The largest absolute Gasteiger partial charge is 0.309 e. The number of benzene rings is 3. The van der Waals surface area contributed by atoms with Crippen LogP contribution in [0.2, 0.25) is 0 Å². The lowest BCUT2D eigenvalue weighted by atomic mass is 9.94. The first kappa shape index (κ1) is 21.3. The molecule has 5 rings (SSSR count). The summed E-state index contributed by atoms with van der Waals surface area (Å²) in [5, 5.41) is 1.66. The monoisotopic (exact) mass is 441 g/mol. The van der Waals surface area contributed by atoms with E-state index in [1.165, 1.54) is 4.90 Å². The summed E-state index contributed by atoms with van der Waals surface area (Å²) in [6, 6.07) is 21.1. The number of anilines is 1. The van der Waals surface area contributed by atoms with Gasteiger partial charge in [-0.15, -0.1) is 0 Å². The van der Waals surface area contributed by atoms with Crippen molar-refractivity contribution in [2.75, 3.05) is 24.7 Å². The molecule has 6 nitrogen and oxygen atoms in total. The first-order valence-electron chi connectivity index (χ1n) is 11.6. The van der Waals surface area contributed by atoms with E-state index in [2.05, 4.69) is 4.90 Å². The molecule has 0 aliphatic carbocycles. The van der Waals surface area contributed by atoms with Crippen molar-refractivity contribution >= 4 is 34.2 Å². The molecule has 0 N–H and O–H groups in total. The third kappa shape index (κ3) is 3.80. The maximum atomic E-state index is 13.2. The van der Waals surface area contributed by atoms with Crippen molar-refractivity contribution in [3.05, 3.63) is 77.9 Å². The van der Waals surface area contributed by atoms with Gasteiger partial charge in [0.1, 0.15) is 0 Å². The number of rotatable bonds is 5. The van der Waals surface area contributed by atoms with E-state index in [1.807, 2.05) is 66.4 Å². The lowest BCUT2D eigenvalue weighted by Gasteiger charge is -2.40. The lowest BCUT2D eigenvalue weighted by molar-refractivity contribution is -0.119. The molecule has 0 spiro atoms. The Morgan fingerprint density at radius 1 is 0.879 bits per heavy atom. The Morgan fingerprint density at radius 3 is 2.06 bits per heavy atom. The van der Waals surface area contributed by atoms with Crippen molar-refractivity contribution in [1.82, 2.24) is 9.80 Å². The Morgan fingerprint density at radius 2 is 1.48 bits per heavy atom. The number of hydrogen-bond acceptors (Lipinski definition) is 4. The molecular weight excluding hydrogens is 414 g/mol. The second kappa shape index (κ2) is 8.79. The lowest BCUT2D eigenvalue weighted by Crippen LogP contribution is -2.52. The quantitative estimate of drug-likeness (QED) is 0.554. The minimum Gasteiger partial charge on any atom is -0.309 e. The highest BCUT2D eigenvalue weighted by atomic mass is 16.2. The van der Waals surface area contributed by atoms with Crippen LogP contribution in [0.3, 0.4) is 0 Å². The van der Waals surface area contributed by atoms with E-state index in [9.17, 15) is 14.4 Å². The van der Waals surface area contributed by atoms with Crippen molar-refractivity contribution in [2.24, 2.45) is 0 Å². The summed E-state index contributed by atoms with van der Waals surface area (Å²) >= 11 is 0. The number of piperidine rings is 1. The van der Waals surface area contributed by atoms with Gasteiger partial charge < -0.3 is 4.90 Å². The maximum Gasteiger partial charge on any atom is 0.262 e. The fourth-order valence-corrected chi connectivity index (χ4v) is 5.05. The van der Waals surface area contributed by atoms with E-state index in [1.54, 1.807) is 12.1 Å². The number of nitrogens with zero attached hydrogens (tertiary/aromatic N) is 3. The van der Waals surface area contributed by atoms with Crippen molar-refractivity contribution in [3.8, 4) is 0 Å². The molecule has 2 heterocycles. The van der Waals surface area contributed by atoms with Gasteiger partial charge in [0.25, 0.3) is 11.8 Å². The zero-order valence-corrected chi connectivity index (χ0v) is 18.7. The summed E-state index contributed by atoms with van der Waals surface area (Å²) in [6.07, 6.45) is 2.04. The van der Waals surface area contributed by atoms with Crippen LogP contribution in [0.25, 0.3) is 10.8 Å². The molecule has 33 heavy (non-hydrogen) atoms. The maximum absolute atomic E-state index is 13.2. The normalized spacial score (nSPS) is 16.9. The third-order valence-corrected chi connectivity index (χ3v) is 6.72. The van der Waals surface area contributed by atoms with Gasteiger partial charge in [-0.25, -0.2) is 0 Å². The summed E-state index contributed by atoms with van der Waals surface area (Å²) in [5.41, 5.74) is 2.09. The average Bonchev–Trinajstić information content (AvgIpc) is 2.86. The van der Waals surface area contributed by atoms with Gasteiger partial charge in [-0.3, -0.25) is 24.2 Å². The molecule has 3 amide bonds. The number of imide groups is 1. The molecule has 3 aromatic rings. The molecule has 2 aliphatic heterocycles. The van der Waals surface area contributed by atoms with Crippen LogP contribution < -0.4 is 4.90 Å². The van der Waals surface area contributed by atoms with Crippen LogP contribution in [0.5, 0.6) is 0 Å². The van der Waals surface area contributed by atoms with E-state index < -0.39 is 0 Å². The standard InChI is InChI=1S/C27H27N3O3/c1-2-24(31)30(20-10-4-3-5-11-20)21-14-16-28(17-15-21)18-29-26(32)22-12-6-8-19-9-7-13-23(25(19)22)27(29)33/h3-13,21H,2,14-18H2,1H3. The van der Waals surface area contributed by atoms with Gasteiger partial charge in [0.15, 0.2) is 0 Å². The van der Waals surface area contributed by atoms with Crippen LogP contribution in [0.1, 0.15) is 46.9 Å². The van der Waals surface area contributed by atoms with Crippen LogP contribution >= 0.6 is 0 Å². The Kier molecular flexibility index (Phi) is 5.68. The van der Waals surface area contributed by atoms with Crippen molar-refractivity contribution < 1.29 is 14.4 Å². The van der Waals surface area contributed by atoms with Gasteiger partial charge >= 0.3 is 0 Å². The summed E-state index contributed by atoms with van der Waals surface area (Å²) in [7, 11) is 0. The zero-order chi connectivity index (χ0) is 22.9. The Balaban J connectivity index is 1.31. The topological polar surface area (TPSA) is 60.9 Å². The van der Waals surface area contributed by atoms with E-state index in [0.29, 0.717) is 30.6 Å². The van der Waals surface area contributed by atoms with Crippen molar-refractivity contribution in [3.63, 3.8) is 0 Å². The summed E-state index contributed by atoms with van der Waals surface area (Å²) in [5.74, 6) is -0.359. The zero-order valence-electron chi connectivity index (χ0n) is 18.7. The van der Waals surface area contributed by atoms with E-state index in [4.69, 9.17) is 0 Å². The van der Waals surface area contributed by atoms with Gasteiger partial charge in [0.05, 0.1) is 6.67 Å². The predicted molar refractivity (Wildman–Crippen MR) is 128 cm³/mol. The van der Waals surface area contributed by atoms with E-state index in [-0.39, 0.29) is 30.4 Å². The van der Waals surface area contributed by atoms with Crippen LogP contribution in [-0.4, -0.2) is 53.3 Å². The van der Waals surface area contributed by atoms with Gasteiger partial charge in [-0.1, -0.05) is 49.4 Å². The van der Waals surface area contributed by atoms with E-state index in [0.717, 1.165) is 29.3 Å². The summed E-state index contributed by atoms with van der Waals surface area (Å²) < 4.78 is 0. The molecule has 0 saturated carbocycles. The fraction of sp³-hybridized carbons (Fsp3) is 0.296. The molecule has 168 valence electrons. The second-order valence-electron chi connectivity index (χ2n) is 8.69. The first-order valence-corrected chi connectivity index (χ1v) is 11.6. The van der Waals surface area contributed by atoms with E-state index >= 15 is 0 Å². The number of carbonyl (C=O) groups is 3. The molecule has 6 heteroatoms. The number of likely N-dealkylation sites (tertiary alicyclic amines) is 1. The molecule has 0 bridgehead atoms. The number of hydrogen-bond donors (Lipinski definition) is 0. The molecule has 1 fully saturated rings. The molecule has 2 aliphatic rings. The average molecular weight is 442 g/mol. The fourth-order valence-electron chi connectivity index (χ4n) is 5.05. The van der Waals surface area contributed by atoms with Gasteiger partial charge in [0, 0.05) is 47.8 Å². The van der Waals surface area contributed by atoms with Crippen LogP contribution in [-0.2, 0) is 4.79 Å². The second-order valence-corrected chi connectivity index (χ2v) is 8.69. The first-order chi connectivity index (χ1) is 16.1. The smallest absolute Gasteiger partial charge is 0.262 e. The van der Waals surface area contributed by atoms with Crippen molar-refractivity contribution in [1.29, 1.82) is 0 Å². The molecular formula is C27H27N3O3. The van der Waals surface area contributed by atoms with Crippen LogP contribution in [0.4, 0.5) is 5.69 Å². The minimum absolute atomic E-state index is 0.110. The highest BCUT2D eigenvalue weighted by Crippen LogP contribution is 2.31. The number of carbonyl (C=O) groups excluding carboxylic acids is 3. The molecule has 1 saturated heterocycles. The summed E-state index contributed by atoms with van der Waals surface area (Å²) in [6.45, 7) is 3.59. The molecule has 0 atom stereocenters. The molecule has 0 unspecified atom stereocenters. The van der Waals surface area contributed by atoms with Crippen LogP contribution in [0.15, 0.2) is 66.7 Å². The predicted octanol–water partition coefficient (Wildman–Crippen LogP) is 4.30. The highest BCUT2D eigenvalue weighted by molar-refractivity contribution is 6.25. The number of amides is 3. The Labute approximate surface area is 193 Å². The van der Waals surface area contributed by atoms with Crippen molar-refractivity contribution in [2.45, 2.75) is 32.2 Å². The minimum atomic E-state index is -0.238. The highest BCUT2D eigenvalue weighted by Gasteiger charge is 2.35. The molecule has 0 aromatic heterocycles. The Hall–Kier alpha value is -3.51. The summed E-state index contributed by atoms with van der Waals surface area (Å²) in [4.78, 5) is 44.5. The Bertz CT molecular complexity index is 1170. The van der Waals surface area contributed by atoms with Gasteiger partial charge in [-0.05, 0) is 42.5 Å². The van der Waals surface area contributed by atoms with Crippen LogP contribution in [0, 0.1) is 0 Å². The van der Waals surface area contributed by atoms with Gasteiger partial charge in [0.2, 0.25) is 5.91 Å². The van der Waals surface area contributed by atoms with Gasteiger partial charge in [-0.2, -0.15) is 0 Å².